The molecular formula is C14H20N4O. The van der Waals surface area contributed by atoms with Gasteiger partial charge in [-0.25, -0.2) is 4.98 Å². The lowest BCUT2D eigenvalue weighted by Gasteiger charge is -2.36. The van der Waals surface area contributed by atoms with Crippen LogP contribution in [0.25, 0.3) is 0 Å². The highest BCUT2D eigenvalue weighted by molar-refractivity contribution is 5.83. The molecule has 0 aromatic carbocycles. The highest BCUT2D eigenvalue weighted by Crippen LogP contribution is 2.30. The van der Waals surface area contributed by atoms with E-state index in [-0.39, 0.29) is 23.9 Å². The number of nitrogens with zero attached hydrogens (tertiary/aromatic N) is 2. The van der Waals surface area contributed by atoms with E-state index < -0.39 is 0 Å². The molecule has 2 aliphatic heterocycles. The van der Waals surface area contributed by atoms with Gasteiger partial charge in [0, 0.05) is 25.3 Å². The van der Waals surface area contributed by atoms with Crippen molar-refractivity contribution in [3.8, 4) is 0 Å². The minimum Gasteiger partial charge on any atom is -0.354 e. The van der Waals surface area contributed by atoms with E-state index in [2.05, 4.69) is 15.2 Å². The van der Waals surface area contributed by atoms with E-state index in [1.807, 2.05) is 25.3 Å². The third kappa shape index (κ3) is 2.18. The molecule has 0 bridgehead atoms. The Morgan fingerprint density at radius 3 is 3.05 bits per heavy atom. The largest absolute Gasteiger partial charge is 0.354 e. The summed E-state index contributed by atoms with van der Waals surface area (Å²) in [5.74, 6) is 1.28. The molecule has 3 heterocycles. The molecule has 1 amide bonds. The van der Waals surface area contributed by atoms with Crippen molar-refractivity contribution in [1.82, 2.24) is 10.3 Å². The number of carbonyl (C=O) groups is 1. The quantitative estimate of drug-likeness (QED) is 0.825. The van der Waals surface area contributed by atoms with Gasteiger partial charge in [-0.2, -0.15) is 0 Å². The van der Waals surface area contributed by atoms with Crippen LogP contribution in [0, 0.1) is 5.92 Å². The summed E-state index contributed by atoms with van der Waals surface area (Å²) >= 11 is 0. The number of nitrogens with two attached hydrogens (primary N) is 1. The van der Waals surface area contributed by atoms with E-state index >= 15 is 0 Å². The number of hydrogen-bond acceptors (Lipinski definition) is 4. The van der Waals surface area contributed by atoms with Crippen molar-refractivity contribution >= 4 is 11.7 Å². The fourth-order valence-corrected chi connectivity index (χ4v) is 3.07. The van der Waals surface area contributed by atoms with Gasteiger partial charge in [0.2, 0.25) is 5.91 Å². The molecule has 0 saturated carbocycles. The SMILES string of the molecule is C[C@@H](N)c1ccc(N2CCCC3C(=O)NCC32)nc1. The molecule has 5 heteroatoms. The summed E-state index contributed by atoms with van der Waals surface area (Å²) in [5.41, 5.74) is 6.88. The number of anilines is 1. The van der Waals surface area contributed by atoms with E-state index in [9.17, 15) is 4.79 Å². The summed E-state index contributed by atoms with van der Waals surface area (Å²) < 4.78 is 0. The van der Waals surface area contributed by atoms with Crippen LogP contribution in [0.1, 0.15) is 31.4 Å². The van der Waals surface area contributed by atoms with Gasteiger partial charge in [0.25, 0.3) is 0 Å². The lowest BCUT2D eigenvalue weighted by Crippen LogP contribution is -2.46. The molecule has 5 nitrogen and oxygen atoms in total. The highest BCUT2D eigenvalue weighted by Gasteiger charge is 2.41. The lowest BCUT2D eigenvalue weighted by atomic mass is 9.91. The first kappa shape index (κ1) is 12.4. The smallest absolute Gasteiger partial charge is 0.225 e. The van der Waals surface area contributed by atoms with Crippen molar-refractivity contribution in [3.05, 3.63) is 23.9 Å². The first-order valence-electron chi connectivity index (χ1n) is 6.92. The Kier molecular flexibility index (Phi) is 3.14. The van der Waals surface area contributed by atoms with E-state index in [0.717, 1.165) is 37.3 Å². The highest BCUT2D eigenvalue weighted by atomic mass is 16.2. The zero-order chi connectivity index (χ0) is 13.4. The third-order valence-corrected chi connectivity index (χ3v) is 4.19. The van der Waals surface area contributed by atoms with Crippen LogP contribution in [0.5, 0.6) is 0 Å². The van der Waals surface area contributed by atoms with Crippen molar-refractivity contribution < 1.29 is 4.79 Å². The Balaban J connectivity index is 1.83. The average Bonchev–Trinajstić information content (AvgIpc) is 2.81. The van der Waals surface area contributed by atoms with Gasteiger partial charge in [-0.1, -0.05) is 6.07 Å². The van der Waals surface area contributed by atoms with Crippen LogP contribution in [0.4, 0.5) is 5.82 Å². The van der Waals surface area contributed by atoms with Crippen molar-refractivity contribution in [2.24, 2.45) is 11.7 Å². The zero-order valence-corrected chi connectivity index (χ0v) is 11.2. The van der Waals surface area contributed by atoms with Crippen molar-refractivity contribution in [2.45, 2.75) is 31.8 Å². The van der Waals surface area contributed by atoms with Crippen molar-refractivity contribution in [3.63, 3.8) is 0 Å². The molecule has 3 atom stereocenters. The normalized spacial score (nSPS) is 27.9. The molecule has 3 N–H and O–H groups in total. The second kappa shape index (κ2) is 4.81. The summed E-state index contributed by atoms with van der Waals surface area (Å²) in [4.78, 5) is 18.5. The summed E-state index contributed by atoms with van der Waals surface area (Å²) in [6.07, 6.45) is 3.88. The maximum absolute atomic E-state index is 11.8. The van der Waals surface area contributed by atoms with Gasteiger partial charge in [-0.15, -0.1) is 0 Å². The first-order chi connectivity index (χ1) is 9.16. The molecular weight excluding hydrogens is 240 g/mol. The molecule has 0 aliphatic carbocycles. The molecule has 2 saturated heterocycles. The number of piperidine rings is 1. The van der Waals surface area contributed by atoms with Crippen LogP contribution in [-0.4, -0.2) is 30.0 Å². The van der Waals surface area contributed by atoms with Crippen LogP contribution < -0.4 is 16.0 Å². The van der Waals surface area contributed by atoms with Gasteiger partial charge < -0.3 is 16.0 Å². The molecule has 102 valence electrons. The number of hydrogen-bond donors (Lipinski definition) is 2. The van der Waals surface area contributed by atoms with Crippen LogP contribution in [0.2, 0.25) is 0 Å². The minimum absolute atomic E-state index is 0.00498. The fraction of sp³-hybridized carbons (Fsp3) is 0.571. The Hall–Kier alpha value is -1.62. The topological polar surface area (TPSA) is 71.2 Å². The predicted molar refractivity (Wildman–Crippen MR) is 73.7 cm³/mol. The lowest BCUT2D eigenvalue weighted by molar-refractivity contribution is -0.122. The minimum atomic E-state index is 0.00498. The number of rotatable bonds is 2. The van der Waals surface area contributed by atoms with Crippen LogP contribution in [-0.2, 0) is 4.79 Å². The van der Waals surface area contributed by atoms with Gasteiger partial charge in [0.05, 0.1) is 12.0 Å². The molecule has 19 heavy (non-hydrogen) atoms. The predicted octanol–water partition coefficient (Wildman–Crippen LogP) is 0.816. The Labute approximate surface area is 113 Å². The van der Waals surface area contributed by atoms with E-state index in [0.29, 0.717) is 0 Å². The molecule has 3 rings (SSSR count). The van der Waals surface area contributed by atoms with E-state index in [1.54, 1.807) is 0 Å². The zero-order valence-electron chi connectivity index (χ0n) is 11.2. The number of pyridine rings is 1. The molecule has 0 spiro atoms. The molecule has 0 radical (unpaired) electrons. The van der Waals surface area contributed by atoms with Crippen LogP contribution in [0.15, 0.2) is 18.3 Å². The van der Waals surface area contributed by atoms with Gasteiger partial charge in [-0.05, 0) is 31.4 Å². The Morgan fingerprint density at radius 2 is 2.37 bits per heavy atom. The maximum atomic E-state index is 11.8. The first-order valence-corrected chi connectivity index (χ1v) is 6.92. The summed E-state index contributed by atoms with van der Waals surface area (Å²) in [7, 11) is 0. The Morgan fingerprint density at radius 1 is 1.53 bits per heavy atom. The van der Waals surface area contributed by atoms with Gasteiger partial charge in [-0.3, -0.25) is 4.79 Å². The second-order valence-corrected chi connectivity index (χ2v) is 5.49. The average molecular weight is 260 g/mol. The molecule has 2 aliphatic rings. The third-order valence-electron chi connectivity index (χ3n) is 4.19. The monoisotopic (exact) mass is 260 g/mol. The number of aromatic nitrogens is 1. The molecule has 1 aromatic rings. The number of carbonyl (C=O) groups excluding carboxylic acids is 1. The van der Waals surface area contributed by atoms with Gasteiger partial charge in [0.1, 0.15) is 5.82 Å². The van der Waals surface area contributed by atoms with Crippen LogP contribution >= 0.6 is 0 Å². The number of amides is 1. The van der Waals surface area contributed by atoms with Crippen molar-refractivity contribution in [2.75, 3.05) is 18.0 Å². The van der Waals surface area contributed by atoms with E-state index in [1.165, 1.54) is 0 Å². The fourth-order valence-electron chi connectivity index (χ4n) is 3.07. The van der Waals surface area contributed by atoms with Gasteiger partial charge in [0.15, 0.2) is 0 Å². The summed E-state index contributed by atoms with van der Waals surface area (Å²) in [5, 5.41) is 2.96. The van der Waals surface area contributed by atoms with Gasteiger partial charge >= 0.3 is 0 Å². The molecule has 2 unspecified atom stereocenters. The maximum Gasteiger partial charge on any atom is 0.225 e. The number of fused-ring (bicyclic) bond motifs is 1. The van der Waals surface area contributed by atoms with Crippen molar-refractivity contribution in [1.29, 1.82) is 0 Å². The molecule has 2 fully saturated rings. The standard InChI is InChI=1S/C14H20N4O/c1-9(15)10-4-5-13(16-7-10)18-6-2-3-11-12(18)8-17-14(11)19/h4-5,7,9,11-12H,2-3,6,8,15H2,1H3,(H,17,19)/t9-,11?,12?/m1/s1. The summed E-state index contributed by atoms with van der Waals surface area (Å²) in [6, 6.07) is 4.31. The molecule has 1 aromatic heterocycles. The second-order valence-electron chi connectivity index (χ2n) is 5.49. The van der Waals surface area contributed by atoms with Crippen LogP contribution in [0.3, 0.4) is 0 Å². The number of nitrogens with one attached hydrogen (secondary N) is 1. The summed E-state index contributed by atoms with van der Waals surface area (Å²) in [6.45, 7) is 3.66. The van der Waals surface area contributed by atoms with E-state index in [4.69, 9.17) is 5.73 Å². The Bertz CT molecular complexity index is 471.